The van der Waals surface area contributed by atoms with Crippen molar-refractivity contribution in [3.63, 3.8) is 0 Å². The number of para-hydroxylation sites is 2. The fraction of sp³-hybridized carbons (Fsp3) is 0.308. The molecule has 0 atom stereocenters. The summed E-state index contributed by atoms with van der Waals surface area (Å²) in [5.74, 6) is 0.573. The largest absolute Gasteiger partial charge is 0.495 e. The Balaban J connectivity index is 2.16. The second kappa shape index (κ2) is 5.51. The van der Waals surface area contributed by atoms with Gasteiger partial charge in [-0.2, -0.15) is 0 Å². The number of ether oxygens (including phenoxy) is 1. The maximum absolute atomic E-state index is 12.0. The second-order valence-corrected chi connectivity index (χ2v) is 4.25. The normalized spacial score (nSPS) is 10.5. The number of nitrogens with zero attached hydrogens (tertiary/aromatic N) is 2. The first-order valence-corrected chi connectivity index (χ1v) is 5.89. The third-order valence-electron chi connectivity index (χ3n) is 2.48. The standard InChI is InChI=1S/C13H15N3O3/c1-8(2)12-15-16-13(19-12)11(17)14-9-6-4-5-7-10(9)18-3/h4-8H,1-3H3,(H,14,17). The van der Waals surface area contributed by atoms with Gasteiger partial charge in [0.05, 0.1) is 12.8 Å². The summed E-state index contributed by atoms with van der Waals surface area (Å²) in [5, 5.41) is 10.2. The minimum Gasteiger partial charge on any atom is -0.495 e. The molecular weight excluding hydrogens is 246 g/mol. The van der Waals surface area contributed by atoms with Crippen LogP contribution in [0.1, 0.15) is 36.3 Å². The van der Waals surface area contributed by atoms with Crippen molar-refractivity contribution in [1.82, 2.24) is 10.2 Å². The van der Waals surface area contributed by atoms with Gasteiger partial charge in [-0.05, 0) is 12.1 Å². The van der Waals surface area contributed by atoms with Gasteiger partial charge in [0.25, 0.3) is 0 Å². The molecule has 1 aromatic carbocycles. The molecule has 0 unspecified atom stereocenters. The lowest BCUT2D eigenvalue weighted by atomic mass is 10.2. The SMILES string of the molecule is COc1ccccc1NC(=O)c1nnc(C(C)C)o1. The van der Waals surface area contributed by atoms with E-state index in [1.807, 2.05) is 19.9 Å². The molecule has 1 N–H and O–H groups in total. The van der Waals surface area contributed by atoms with Crippen LogP contribution >= 0.6 is 0 Å². The minimum atomic E-state index is -0.455. The molecule has 0 radical (unpaired) electrons. The lowest BCUT2D eigenvalue weighted by molar-refractivity contribution is 0.0987. The number of methoxy groups -OCH3 is 1. The first-order chi connectivity index (χ1) is 9.11. The Morgan fingerprint density at radius 2 is 2.05 bits per heavy atom. The Labute approximate surface area is 110 Å². The van der Waals surface area contributed by atoms with Crippen molar-refractivity contribution < 1.29 is 13.9 Å². The second-order valence-electron chi connectivity index (χ2n) is 4.25. The highest BCUT2D eigenvalue weighted by Crippen LogP contribution is 2.23. The summed E-state index contributed by atoms with van der Waals surface area (Å²) in [6, 6.07) is 7.10. The van der Waals surface area contributed by atoms with E-state index in [1.165, 1.54) is 7.11 Å². The molecule has 1 aromatic heterocycles. The van der Waals surface area contributed by atoms with Crippen molar-refractivity contribution in [2.24, 2.45) is 0 Å². The Morgan fingerprint density at radius 3 is 2.68 bits per heavy atom. The van der Waals surface area contributed by atoms with Crippen molar-refractivity contribution in [3.8, 4) is 5.75 Å². The van der Waals surface area contributed by atoms with E-state index in [0.29, 0.717) is 17.3 Å². The first kappa shape index (κ1) is 13.1. The molecule has 0 fully saturated rings. The molecule has 0 bridgehead atoms. The average Bonchev–Trinajstić information content (AvgIpc) is 2.89. The van der Waals surface area contributed by atoms with Crippen LogP contribution < -0.4 is 10.1 Å². The van der Waals surface area contributed by atoms with Crippen molar-refractivity contribution in [2.45, 2.75) is 19.8 Å². The Hall–Kier alpha value is -2.37. The van der Waals surface area contributed by atoms with E-state index in [4.69, 9.17) is 9.15 Å². The fourth-order valence-electron chi connectivity index (χ4n) is 1.48. The van der Waals surface area contributed by atoms with E-state index < -0.39 is 5.91 Å². The first-order valence-electron chi connectivity index (χ1n) is 5.89. The van der Waals surface area contributed by atoms with Crippen LogP contribution in [0.25, 0.3) is 0 Å². The lowest BCUT2D eigenvalue weighted by Crippen LogP contribution is -2.13. The monoisotopic (exact) mass is 261 g/mol. The topological polar surface area (TPSA) is 77.2 Å². The number of hydrogen-bond donors (Lipinski definition) is 1. The number of carbonyl (C=O) groups is 1. The molecule has 1 amide bonds. The minimum absolute atomic E-state index is 0.0605. The predicted octanol–water partition coefficient (Wildman–Crippen LogP) is 2.45. The molecule has 6 heteroatoms. The Morgan fingerprint density at radius 1 is 1.32 bits per heavy atom. The number of nitrogens with one attached hydrogen (secondary N) is 1. The molecule has 0 spiro atoms. The number of anilines is 1. The van der Waals surface area contributed by atoms with Gasteiger partial charge in [0.1, 0.15) is 5.75 Å². The number of hydrogen-bond acceptors (Lipinski definition) is 5. The average molecular weight is 261 g/mol. The Kier molecular flexibility index (Phi) is 3.79. The van der Waals surface area contributed by atoms with Crippen LogP contribution in [0.4, 0.5) is 5.69 Å². The van der Waals surface area contributed by atoms with E-state index in [9.17, 15) is 4.79 Å². The zero-order valence-electron chi connectivity index (χ0n) is 11.0. The summed E-state index contributed by atoms with van der Waals surface area (Å²) < 4.78 is 10.4. The molecule has 6 nitrogen and oxygen atoms in total. The van der Waals surface area contributed by atoms with Crippen molar-refractivity contribution in [1.29, 1.82) is 0 Å². The highest BCUT2D eigenvalue weighted by Gasteiger charge is 2.17. The zero-order valence-corrected chi connectivity index (χ0v) is 11.0. The highest BCUT2D eigenvalue weighted by molar-refractivity contribution is 6.01. The van der Waals surface area contributed by atoms with Crippen LogP contribution in [0, 0.1) is 0 Å². The third kappa shape index (κ3) is 2.90. The fourth-order valence-corrected chi connectivity index (χ4v) is 1.48. The van der Waals surface area contributed by atoms with Crippen molar-refractivity contribution in [2.75, 3.05) is 12.4 Å². The molecule has 0 saturated carbocycles. The maximum Gasteiger partial charge on any atom is 0.313 e. The molecule has 2 rings (SSSR count). The molecule has 0 aliphatic heterocycles. The van der Waals surface area contributed by atoms with E-state index in [0.717, 1.165) is 0 Å². The van der Waals surface area contributed by atoms with Gasteiger partial charge in [-0.25, -0.2) is 0 Å². The smallest absolute Gasteiger partial charge is 0.313 e. The number of amides is 1. The van der Waals surface area contributed by atoms with Gasteiger partial charge in [0, 0.05) is 5.92 Å². The van der Waals surface area contributed by atoms with E-state index >= 15 is 0 Å². The molecular formula is C13H15N3O3. The number of benzene rings is 1. The molecule has 0 saturated heterocycles. The predicted molar refractivity (Wildman–Crippen MR) is 69.3 cm³/mol. The summed E-state index contributed by atoms with van der Waals surface area (Å²) in [6.07, 6.45) is 0. The molecule has 2 aromatic rings. The van der Waals surface area contributed by atoms with E-state index in [-0.39, 0.29) is 11.8 Å². The van der Waals surface area contributed by atoms with Gasteiger partial charge in [0.15, 0.2) is 0 Å². The van der Waals surface area contributed by atoms with Gasteiger partial charge < -0.3 is 14.5 Å². The van der Waals surface area contributed by atoms with Crippen molar-refractivity contribution >= 4 is 11.6 Å². The van der Waals surface area contributed by atoms with Crippen LogP contribution in [0.15, 0.2) is 28.7 Å². The van der Waals surface area contributed by atoms with Crippen LogP contribution in [0.2, 0.25) is 0 Å². The van der Waals surface area contributed by atoms with Crippen LogP contribution in [0.3, 0.4) is 0 Å². The van der Waals surface area contributed by atoms with Crippen LogP contribution in [0.5, 0.6) is 5.75 Å². The number of rotatable bonds is 4. The van der Waals surface area contributed by atoms with Crippen molar-refractivity contribution in [3.05, 3.63) is 36.0 Å². The number of carbonyl (C=O) groups excluding carboxylic acids is 1. The summed E-state index contributed by atoms with van der Waals surface area (Å²) in [5.41, 5.74) is 0.555. The van der Waals surface area contributed by atoms with Gasteiger partial charge in [-0.1, -0.05) is 26.0 Å². The molecule has 0 aliphatic carbocycles. The summed E-state index contributed by atoms with van der Waals surface area (Å²) >= 11 is 0. The molecule has 0 aliphatic rings. The zero-order chi connectivity index (χ0) is 13.8. The Bertz CT molecular complexity index is 578. The van der Waals surface area contributed by atoms with Crippen LogP contribution in [-0.2, 0) is 0 Å². The van der Waals surface area contributed by atoms with Gasteiger partial charge >= 0.3 is 11.8 Å². The summed E-state index contributed by atoms with van der Waals surface area (Å²) in [7, 11) is 1.54. The molecule has 19 heavy (non-hydrogen) atoms. The number of aromatic nitrogens is 2. The van der Waals surface area contributed by atoms with E-state index in [1.54, 1.807) is 18.2 Å². The highest BCUT2D eigenvalue weighted by atomic mass is 16.5. The summed E-state index contributed by atoms with van der Waals surface area (Å²) in [4.78, 5) is 12.0. The third-order valence-corrected chi connectivity index (χ3v) is 2.48. The summed E-state index contributed by atoms with van der Waals surface area (Å²) in [6.45, 7) is 3.82. The van der Waals surface area contributed by atoms with Gasteiger partial charge in [-0.15, -0.1) is 10.2 Å². The van der Waals surface area contributed by atoms with Crippen LogP contribution in [-0.4, -0.2) is 23.2 Å². The van der Waals surface area contributed by atoms with E-state index in [2.05, 4.69) is 15.5 Å². The molecule has 100 valence electrons. The quantitative estimate of drug-likeness (QED) is 0.914. The molecule has 1 heterocycles. The van der Waals surface area contributed by atoms with Gasteiger partial charge in [0.2, 0.25) is 5.89 Å². The van der Waals surface area contributed by atoms with Gasteiger partial charge in [-0.3, -0.25) is 4.79 Å². The lowest BCUT2D eigenvalue weighted by Gasteiger charge is -2.07. The maximum atomic E-state index is 12.0.